The third-order valence-electron chi connectivity index (χ3n) is 15.9. The van der Waals surface area contributed by atoms with E-state index >= 15 is 0 Å². The van der Waals surface area contributed by atoms with Gasteiger partial charge in [-0.1, -0.05) is 214 Å². The highest BCUT2D eigenvalue weighted by atomic mass is 15.1. The summed E-state index contributed by atoms with van der Waals surface area (Å²) in [5.41, 5.74) is 20.9. The molecule has 12 aromatic carbocycles. The highest BCUT2D eigenvalue weighted by Crippen LogP contribution is 2.57. The number of para-hydroxylation sites is 2. The first kappa shape index (κ1) is 41.2. The van der Waals surface area contributed by atoms with Gasteiger partial charge in [0.2, 0.25) is 0 Å². The molecular formula is C70H49N. The van der Waals surface area contributed by atoms with Crippen molar-refractivity contribution in [1.29, 1.82) is 0 Å². The van der Waals surface area contributed by atoms with Crippen LogP contribution in [0.25, 0.3) is 76.8 Å². The second kappa shape index (κ2) is 15.9. The van der Waals surface area contributed by atoms with Gasteiger partial charge in [-0.3, -0.25) is 0 Å². The van der Waals surface area contributed by atoms with Crippen LogP contribution in [0.2, 0.25) is 0 Å². The molecule has 0 spiro atoms. The molecule has 2 aliphatic rings. The molecule has 0 aliphatic heterocycles. The first-order chi connectivity index (χ1) is 35.0. The zero-order valence-corrected chi connectivity index (χ0v) is 39.8. The van der Waals surface area contributed by atoms with Crippen molar-refractivity contribution < 1.29 is 0 Å². The van der Waals surface area contributed by atoms with Crippen LogP contribution in [0.5, 0.6) is 0 Å². The second-order valence-electron chi connectivity index (χ2n) is 19.9. The maximum absolute atomic E-state index is 2.48. The number of nitrogens with zero attached hydrogens (tertiary/aromatic N) is 1. The fraction of sp³-hybridized carbons (Fsp3) is 0.0571. The van der Waals surface area contributed by atoms with Crippen molar-refractivity contribution in [3.8, 4) is 44.5 Å². The largest absolute Gasteiger partial charge is 0.310 e. The van der Waals surface area contributed by atoms with Gasteiger partial charge in [-0.05, 0) is 171 Å². The number of hydrogen-bond donors (Lipinski definition) is 0. The molecule has 334 valence electrons. The van der Waals surface area contributed by atoms with E-state index in [4.69, 9.17) is 0 Å². The molecule has 0 bridgehead atoms. The number of anilines is 3. The highest BCUT2D eigenvalue weighted by Gasteiger charge is 2.46. The van der Waals surface area contributed by atoms with Crippen molar-refractivity contribution >= 4 is 49.4 Å². The van der Waals surface area contributed by atoms with Crippen LogP contribution in [-0.4, -0.2) is 0 Å². The molecule has 0 saturated carbocycles. The van der Waals surface area contributed by atoms with Crippen molar-refractivity contribution in [3.05, 3.63) is 294 Å². The molecule has 0 fully saturated rings. The van der Waals surface area contributed by atoms with Crippen LogP contribution in [0.4, 0.5) is 17.1 Å². The van der Waals surface area contributed by atoms with Crippen LogP contribution in [-0.2, 0) is 10.8 Å². The Kier molecular flexibility index (Phi) is 9.22. The van der Waals surface area contributed by atoms with Crippen LogP contribution < -0.4 is 4.90 Å². The quantitative estimate of drug-likeness (QED) is 0.144. The average Bonchev–Trinajstić information content (AvgIpc) is 3.86. The van der Waals surface area contributed by atoms with E-state index < -0.39 is 5.41 Å². The summed E-state index contributed by atoms with van der Waals surface area (Å²) in [6, 6.07) is 97.2. The smallest absolute Gasteiger partial charge is 0.0713 e. The normalized spacial score (nSPS) is 13.7. The Bertz CT molecular complexity index is 3980. The van der Waals surface area contributed by atoms with Gasteiger partial charge in [0, 0.05) is 22.5 Å². The lowest BCUT2D eigenvalue weighted by atomic mass is 9.67. The first-order valence-electron chi connectivity index (χ1n) is 24.9. The molecule has 0 saturated heterocycles. The lowest BCUT2D eigenvalue weighted by molar-refractivity contribution is 0.660. The summed E-state index contributed by atoms with van der Waals surface area (Å²) in [5.74, 6) is 0. The lowest BCUT2D eigenvalue weighted by Crippen LogP contribution is -2.28. The summed E-state index contributed by atoms with van der Waals surface area (Å²) in [6.07, 6.45) is 0. The van der Waals surface area contributed by atoms with E-state index in [1.54, 1.807) is 0 Å². The third kappa shape index (κ3) is 6.13. The standard InChI is InChI=1S/C70H49N/c1-69(2)67-42-47(35-38-58(67)59-39-37-52(43-68(59)69)71(50-25-11-5-12-26-50)51-27-13-6-14-28-51)61-45-63-55-31-17-15-29-53(55)60(44-62(63)56-32-18-16-30-54(56)61)46-36-40-66-64(41-46)57-33-19-20-34-65(57)70(66,48-21-7-3-8-22-48)49-23-9-4-10-24-49/h3-45H,1-2H3. The van der Waals surface area contributed by atoms with Gasteiger partial charge in [0.1, 0.15) is 0 Å². The minimum atomic E-state index is -0.435. The van der Waals surface area contributed by atoms with Crippen LogP contribution in [0.15, 0.2) is 261 Å². The predicted molar refractivity (Wildman–Crippen MR) is 299 cm³/mol. The minimum absolute atomic E-state index is 0.220. The molecule has 71 heavy (non-hydrogen) atoms. The van der Waals surface area contributed by atoms with Crippen molar-refractivity contribution in [2.45, 2.75) is 24.7 Å². The summed E-state index contributed by atoms with van der Waals surface area (Å²) in [7, 11) is 0. The van der Waals surface area contributed by atoms with Gasteiger partial charge < -0.3 is 4.90 Å². The van der Waals surface area contributed by atoms with E-state index in [1.165, 1.54) is 110 Å². The fourth-order valence-electron chi connectivity index (χ4n) is 12.7. The molecule has 12 aromatic rings. The van der Waals surface area contributed by atoms with E-state index in [0.717, 1.165) is 17.1 Å². The van der Waals surface area contributed by atoms with Crippen LogP contribution in [0.3, 0.4) is 0 Å². The van der Waals surface area contributed by atoms with Crippen molar-refractivity contribution in [3.63, 3.8) is 0 Å². The molecule has 1 nitrogen and oxygen atoms in total. The van der Waals surface area contributed by atoms with Gasteiger partial charge >= 0.3 is 0 Å². The van der Waals surface area contributed by atoms with Gasteiger partial charge in [0.25, 0.3) is 0 Å². The van der Waals surface area contributed by atoms with Crippen LogP contribution in [0, 0.1) is 0 Å². The number of fused-ring (bicyclic) bond motifs is 11. The zero-order valence-electron chi connectivity index (χ0n) is 39.8. The number of hydrogen-bond acceptors (Lipinski definition) is 1. The predicted octanol–water partition coefficient (Wildman–Crippen LogP) is 18.6. The molecule has 0 N–H and O–H groups in total. The molecular weight excluding hydrogens is 855 g/mol. The Morgan fingerprint density at radius 3 is 1.25 bits per heavy atom. The SMILES string of the molecule is CC1(C)c2cc(-c3cc4c5ccccc5c(-c5ccc6c(c5)-c5ccccc5C6(c5ccccc5)c5ccccc5)cc4c4ccccc34)ccc2-c2ccc(N(c3ccccc3)c3ccccc3)cc21. The molecule has 1 heteroatoms. The molecule has 0 aromatic heterocycles. The van der Waals surface area contributed by atoms with E-state index in [9.17, 15) is 0 Å². The van der Waals surface area contributed by atoms with Gasteiger partial charge in [0.05, 0.1) is 5.41 Å². The lowest BCUT2D eigenvalue weighted by Gasteiger charge is -2.33. The molecule has 0 atom stereocenters. The summed E-state index contributed by atoms with van der Waals surface area (Å²) in [6.45, 7) is 4.80. The number of rotatable bonds is 7. The fourth-order valence-corrected chi connectivity index (χ4v) is 12.7. The van der Waals surface area contributed by atoms with E-state index in [0.29, 0.717) is 0 Å². The molecule has 0 heterocycles. The van der Waals surface area contributed by atoms with Crippen LogP contribution >= 0.6 is 0 Å². The van der Waals surface area contributed by atoms with E-state index in [-0.39, 0.29) is 5.41 Å². The summed E-state index contributed by atoms with van der Waals surface area (Å²) < 4.78 is 0. The van der Waals surface area contributed by atoms with Crippen molar-refractivity contribution in [2.24, 2.45) is 0 Å². The molecule has 0 amide bonds. The Morgan fingerprint density at radius 2 is 0.676 bits per heavy atom. The summed E-state index contributed by atoms with van der Waals surface area (Å²) in [4.78, 5) is 2.37. The van der Waals surface area contributed by atoms with E-state index in [1.807, 2.05) is 0 Å². The summed E-state index contributed by atoms with van der Waals surface area (Å²) in [5, 5.41) is 7.58. The highest BCUT2D eigenvalue weighted by molar-refractivity contribution is 6.24. The zero-order chi connectivity index (χ0) is 47.3. The van der Waals surface area contributed by atoms with Crippen molar-refractivity contribution in [2.75, 3.05) is 4.90 Å². The number of benzene rings is 12. The average molecular weight is 904 g/mol. The Balaban J connectivity index is 0.913. The van der Waals surface area contributed by atoms with E-state index in [2.05, 4.69) is 280 Å². The maximum Gasteiger partial charge on any atom is 0.0713 e. The molecule has 14 rings (SSSR count). The van der Waals surface area contributed by atoms with Crippen molar-refractivity contribution in [1.82, 2.24) is 0 Å². The molecule has 2 aliphatic carbocycles. The Labute approximate surface area is 415 Å². The van der Waals surface area contributed by atoms with Crippen LogP contribution in [0.1, 0.15) is 47.2 Å². The maximum atomic E-state index is 2.48. The minimum Gasteiger partial charge on any atom is -0.310 e. The third-order valence-corrected chi connectivity index (χ3v) is 15.9. The summed E-state index contributed by atoms with van der Waals surface area (Å²) >= 11 is 0. The van der Waals surface area contributed by atoms with Gasteiger partial charge in [-0.2, -0.15) is 0 Å². The molecule has 0 unspecified atom stereocenters. The second-order valence-corrected chi connectivity index (χ2v) is 19.9. The Hall–Kier alpha value is -8.78. The monoisotopic (exact) mass is 903 g/mol. The first-order valence-corrected chi connectivity index (χ1v) is 24.9. The van der Waals surface area contributed by atoms with Gasteiger partial charge in [-0.15, -0.1) is 0 Å². The topological polar surface area (TPSA) is 3.24 Å². The Morgan fingerprint density at radius 1 is 0.254 bits per heavy atom. The van der Waals surface area contributed by atoms with Gasteiger partial charge in [0.15, 0.2) is 0 Å². The van der Waals surface area contributed by atoms with Gasteiger partial charge in [-0.25, -0.2) is 0 Å². The molecule has 0 radical (unpaired) electrons.